The van der Waals surface area contributed by atoms with Crippen molar-refractivity contribution in [1.29, 1.82) is 0 Å². The quantitative estimate of drug-likeness (QED) is 0.514. The predicted molar refractivity (Wildman–Crippen MR) is 35.5 cm³/mol. The maximum atomic E-state index is 10.6. The van der Waals surface area contributed by atoms with Gasteiger partial charge in [0, 0.05) is 6.08 Å². The van der Waals surface area contributed by atoms with Crippen LogP contribution in [0.1, 0.15) is 0 Å². The number of esters is 1. The molecule has 4 nitrogen and oxygen atoms in total. The lowest BCUT2D eigenvalue weighted by Gasteiger charge is -1.93. The lowest BCUT2D eigenvalue weighted by atomic mass is 10.4. The second-order valence-electron chi connectivity index (χ2n) is 1.54. The Bertz CT molecular complexity index is 222. The summed E-state index contributed by atoms with van der Waals surface area (Å²) >= 11 is 5.38. The monoisotopic (exact) mass is 159 g/mol. The molecular weight excluding hydrogens is 156 g/mol. The smallest absolute Gasteiger partial charge is 0.358 e. The Hall–Kier alpha value is -1.03. The van der Waals surface area contributed by atoms with Gasteiger partial charge in [-0.25, -0.2) is 4.79 Å². The van der Waals surface area contributed by atoms with Gasteiger partial charge in [0.15, 0.2) is 10.9 Å². The molecule has 53 valence electrons. The second-order valence-corrected chi connectivity index (χ2v) is 1.93. The molecule has 0 aromatic carbocycles. The van der Waals surface area contributed by atoms with Crippen LogP contribution in [0.2, 0.25) is 0 Å². The van der Waals surface area contributed by atoms with Crippen LogP contribution in [-0.2, 0) is 9.53 Å². The molecule has 10 heavy (non-hydrogen) atoms. The molecular formula is C5H4ClN2O2. The van der Waals surface area contributed by atoms with E-state index in [0.717, 1.165) is 0 Å². The molecule has 0 N–H and O–H groups in total. The largest absolute Gasteiger partial charge is 0.464 e. The standard InChI is InChI=1S/C5H4ClN2O2/c1-10-5(9)3-2-4(6)8-7-3/h2H,1H3. The molecule has 0 amide bonds. The number of carbonyl (C=O) groups excluding carboxylic acids is 1. The molecule has 0 aromatic heterocycles. The molecule has 0 aliphatic carbocycles. The first-order valence-electron chi connectivity index (χ1n) is 2.48. The van der Waals surface area contributed by atoms with Gasteiger partial charge < -0.3 is 4.74 Å². The fourth-order valence-corrected chi connectivity index (χ4v) is 0.618. The summed E-state index contributed by atoms with van der Waals surface area (Å²) in [5, 5.41) is 3.60. The Morgan fingerprint density at radius 1 is 1.80 bits per heavy atom. The van der Waals surface area contributed by atoms with E-state index in [4.69, 9.17) is 11.6 Å². The Morgan fingerprint density at radius 3 is 2.90 bits per heavy atom. The van der Waals surface area contributed by atoms with Gasteiger partial charge in [-0.1, -0.05) is 11.6 Å². The molecule has 5 heteroatoms. The highest BCUT2D eigenvalue weighted by molar-refractivity contribution is 6.68. The van der Waals surface area contributed by atoms with Gasteiger partial charge >= 0.3 is 5.97 Å². The van der Waals surface area contributed by atoms with Crippen molar-refractivity contribution in [1.82, 2.24) is 5.43 Å². The van der Waals surface area contributed by atoms with Crippen LogP contribution >= 0.6 is 11.6 Å². The molecule has 0 atom stereocenters. The highest BCUT2D eigenvalue weighted by atomic mass is 35.5. The van der Waals surface area contributed by atoms with Crippen molar-refractivity contribution in [2.24, 2.45) is 5.10 Å². The van der Waals surface area contributed by atoms with Gasteiger partial charge in [-0.05, 0) is 0 Å². The van der Waals surface area contributed by atoms with Crippen LogP contribution in [0.3, 0.4) is 0 Å². The van der Waals surface area contributed by atoms with Crippen molar-refractivity contribution in [2.45, 2.75) is 0 Å². The highest BCUT2D eigenvalue weighted by Gasteiger charge is 2.16. The number of methoxy groups -OCH3 is 1. The molecule has 0 aromatic rings. The van der Waals surface area contributed by atoms with Crippen molar-refractivity contribution in [2.75, 3.05) is 7.11 Å². The summed E-state index contributed by atoms with van der Waals surface area (Å²) < 4.78 is 4.35. The zero-order valence-corrected chi connectivity index (χ0v) is 5.92. The van der Waals surface area contributed by atoms with Crippen LogP contribution in [0, 0.1) is 0 Å². The zero-order chi connectivity index (χ0) is 7.56. The summed E-state index contributed by atoms with van der Waals surface area (Å²) in [4.78, 5) is 10.6. The van der Waals surface area contributed by atoms with Crippen LogP contribution in [0.4, 0.5) is 0 Å². The van der Waals surface area contributed by atoms with Gasteiger partial charge in [0.25, 0.3) is 0 Å². The molecule has 1 aliphatic heterocycles. The van der Waals surface area contributed by atoms with Gasteiger partial charge in [-0.15, -0.1) is 10.5 Å². The van der Waals surface area contributed by atoms with E-state index in [0.29, 0.717) is 0 Å². The van der Waals surface area contributed by atoms with Crippen molar-refractivity contribution >= 4 is 22.7 Å². The molecule has 0 saturated heterocycles. The van der Waals surface area contributed by atoms with Crippen LogP contribution in [0.25, 0.3) is 0 Å². The summed E-state index contributed by atoms with van der Waals surface area (Å²) in [6, 6.07) is 0. The van der Waals surface area contributed by atoms with E-state index in [2.05, 4.69) is 15.3 Å². The maximum Gasteiger partial charge on any atom is 0.358 e. The first-order valence-corrected chi connectivity index (χ1v) is 2.86. The lowest BCUT2D eigenvalue weighted by Crippen LogP contribution is -2.08. The third kappa shape index (κ3) is 1.27. The number of carbonyl (C=O) groups is 1. The van der Waals surface area contributed by atoms with E-state index in [1.54, 1.807) is 0 Å². The zero-order valence-electron chi connectivity index (χ0n) is 5.17. The third-order valence-corrected chi connectivity index (χ3v) is 1.09. The van der Waals surface area contributed by atoms with E-state index in [1.807, 2.05) is 0 Å². The molecule has 0 unspecified atom stereocenters. The summed E-state index contributed by atoms with van der Waals surface area (Å²) in [5.41, 5.74) is 3.56. The second kappa shape index (κ2) is 2.70. The molecule has 1 rings (SSSR count). The SMILES string of the molecule is COC(=O)C1=CC(Cl)=N[N]1. The van der Waals surface area contributed by atoms with Crippen molar-refractivity contribution in [3.05, 3.63) is 11.8 Å². The molecule has 1 radical (unpaired) electrons. The number of nitrogens with zero attached hydrogens (tertiary/aromatic N) is 2. The Labute approximate surface area is 62.5 Å². The number of halogens is 1. The third-order valence-electron chi connectivity index (χ3n) is 0.904. The van der Waals surface area contributed by atoms with Gasteiger partial charge in [-0.2, -0.15) is 0 Å². The van der Waals surface area contributed by atoms with Crippen LogP contribution in [-0.4, -0.2) is 18.2 Å². The Kier molecular flexibility index (Phi) is 1.91. The summed E-state index contributed by atoms with van der Waals surface area (Å²) in [7, 11) is 1.27. The lowest BCUT2D eigenvalue weighted by molar-refractivity contribution is -0.136. The number of ether oxygens (including phenoxy) is 1. The van der Waals surface area contributed by atoms with Gasteiger partial charge in [0.2, 0.25) is 0 Å². The van der Waals surface area contributed by atoms with E-state index >= 15 is 0 Å². The van der Waals surface area contributed by atoms with Crippen LogP contribution in [0.5, 0.6) is 0 Å². The summed E-state index contributed by atoms with van der Waals surface area (Å²) in [5.74, 6) is -0.528. The topological polar surface area (TPSA) is 52.8 Å². The van der Waals surface area contributed by atoms with Crippen molar-refractivity contribution in [3.63, 3.8) is 0 Å². The average Bonchev–Trinajstić information content (AvgIpc) is 2.34. The Balaban J connectivity index is 2.63. The first-order chi connectivity index (χ1) is 4.74. The van der Waals surface area contributed by atoms with Gasteiger partial charge in [0.1, 0.15) is 0 Å². The molecule has 0 saturated carbocycles. The fourth-order valence-electron chi connectivity index (χ4n) is 0.477. The molecule has 0 spiro atoms. The van der Waals surface area contributed by atoms with Crippen LogP contribution in [0.15, 0.2) is 16.9 Å². The minimum absolute atomic E-state index is 0.132. The average molecular weight is 160 g/mol. The van der Waals surface area contributed by atoms with E-state index < -0.39 is 5.97 Å². The van der Waals surface area contributed by atoms with Gasteiger partial charge in [0.05, 0.1) is 7.11 Å². The minimum atomic E-state index is -0.528. The van der Waals surface area contributed by atoms with Crippen LogP contribution < -0.4 is 5.43 Å². The number of hydrogen-bond donors (Lipinski definition) is 0. The van der Waals surface area contributed by atoms with E-state index in [-0.39, 0.29) is 10.9 Å². The normalized spacial score (nSPS) is 15.4. The van der Waals surface area contributed by atoms with E-state index in [1.165, 1.54) is 13.2 Å². The molecule has 1 aliphatic rings. The fraction of sp³-hybridized carbons (Fsp3) is 0.200. The number of allylic oxidation sites excluding steroid dienone is 1. The van der Waals surface area contributed by atoms with Crippen molar-refractivity contribution < 1.29 is 9.53 Å². The molecule has 1 heterocycles. The highest BCUT2D eigenvalue weighted by Crippen LogP contribution is 2.05. The summed E-state index contributed by atoms with van der Waals surface area (Å²) in [6.45, 7) is 0. The van der Waals surface area contributed by atoms with E-state index in [9.17, 15) is 4.79 Å². The Morgan fingerprint density at radius 2 is 2.50 bits per heavy atom. The molecule has 0 bridgehead atoms. The number of rotatable bonds is 1. The maximum absolute atomic E-state index is 10.6. The summed E-state index contributed by atoms with van der Waals surface area (Å²) in [6.07, 6.45) is 1.34. The van der Waals surface area contributed by atoms with Gasteiger partial charge in [-0.3, -0.25) is 0 Å². The molecule has 0 fully saturated rings. The predicted octanol–water partition coefficient (Wildman–Crippen LogP) is 0.214. The van der Waals surface area contributed by atoms with Crippen molar-refractivity contribution in [3.8, 4) is 0 Å². The first kappa shape index (κ1) is 7.08. The minimum Gasteiger partial charge on any atom is -0.464 e. The number of hydrogen-bond acceptors (Lipinski definition) is 3.